The molecule has 0 radical (unpaired) electrons. The predicted molar refractivity (Wildman–Crippen MR) is 66.6 cm³/mol. The van der Waals surface area contributed by atoms with E-state index in [4.69, 9.17) is 0 Å². The molecule has 1 aromatic rings. The smallest absolute Gasteiger partial charge is 0.208 e. The Morgan fingerprint density at radius 2 is 2.12 bits per heavy atom. The Hall–Kier alpha value is -0.390. The van der Waals surface area contributed by atoms with Gasteiger partial charge in [0.25, 0.3) is 0 Å². The monoisotopic (exact) mass is 303 g/mol. The van der Waals surface area contributed by atoms with Crippen molar-refractivity contribution in [3.63, 3.8) is 0 Å². The van der Waals surface area contributed by atoms with Crippen molar-refractivity contribution in [3.05, 3.63) is 28.7 Å². The zero-order valence-corrected chi connectivity index (χ0v) is 11.4. The van der Waals surface area contributed by atoms with Crippen LogP contribution in [0.15, 0.2) is 33.6 Å². The zero-order valence-electron chi connectivity index (χ0n) is 8.98. The lowest BCUT2D eigenvalue weighted by molar-refractivity contribution is 0.538. The van der Waals surface area contributed by atoms with Crippen LogP contribution in [0.1, 0.15) is 19.8 Å². The van der Waals surface area contributed by atoms with Crippen molar-refractivity contribution >= 4 is 26.0 Å². The summed E-state index contributed by atoms with van der Waals surface area (Å²) < 4.78 is 27.5. The van der Waals surface area contributed by atoms with E-state index in [2.05, 4.69) is 20.7 Å². The van der Waals surface area contributed by atoms with Crippen LogP contribution in [-0.4, -0.2) is 14.5 Å². The highest BCUT2D eigenvalue weighted by Crippen LogP contribution is 2.33. The Balaban J connectivity index is 2.17. The number of hydrogen-bond donors (Lipinski definition) is 1. The fraction of sp³-hybridized carbons (Fsp3) is 0.455. The summed E-state index contributed by atoms with van der Waals surface area (Å²) in [6.07, 6.45) is 2.25. The van der Waals surface area contributed by atoms with Crippen LogP contribution >= 0.6 is 15.9 Å². The highest BCUT2D eigenvalue weighted by atomic mass is 79.9. The highest BCUT2D eigenvalue weighted by molar-refractivity contribution is 9.10. The summed E-state index contributed by atoms with van der Waals surface area (Å²) in [6, 6.07) is 6.78. The van der Waals surface area contributed by atoms with E-state index in [1.54, 1.807) is 18.2 Å². The maximum absolute atomic E-state index is 12.0. The van der Waals surface area contributed by atoms with Crippen LogP contribution in [0.4, 0.5) is 0 Å². The summed E-state index contributed by atoms with van der Waals surface area (Å²) in [6.45, 7) is 1.92. The summed E-state index contributed by atoms with van der Waals surface area (Å²) in [5.41, 5.74) is 0. The van der Waals surface area contributed by atoms with E-state index in [9.17, 15) is 8.42 Å². The molecule has 1 fully saturated rings. The second-order valence-corrected chi connectivity index (χ2v) is 6.83. The van der Waals surface area contributed by atoms with E-state index in [0.29, 0.717) is 10.8 Å². The Labute approximate surface area is 104 Å². The first-order valence-corrected chi connectivity index (χ1v) is 7.54. The summed E-state index contributed by atoms with van der Waals surface area (Å²) >= 11 is 3.27. The van der Waals surface area contributed by atoms with Gasteiger partial charge in [-0.2, -0.15) is 0 Å². The second-order valence-electron chi connectivity index (χ2n) is 4.20. The average Bonchev–Trinajstić information content (AvgIpc) is 3.00. The Bertz CT molecular complexity index is 483. The van der Waals surface area contributed by atoms with E-state index in [1.165, 1.54) is 0 Å². The Kier molecular flexibility index (Phi) is 3.37. The lowest BCUT2D eigenvalue weighted by Crippen LogP contribution is -2.33. The lowest BCUT2D eigenvalue weighted by atomic mass is 10.2. The van der Waals surface area contributed by atoms with Crippen LogP contribution in [0.5, 0.6) is 0 Å². The lowest BCUT2D eigenvalue weighted by Gasteiger charge is -2.13. The first-order valence-electron chi connectivity index (χ1n) is 5.27. The van der Waals surface area contributed by atoms with Gasteiger partial charge >= 0.3 is 0 Å². The third kappa shape index (κ3) is 2.84. The van der Waals surface area contributed by atoms with Gasteiger partial charge in [-0.25, -0.2) is 13.1 Å². The van der Waals surface area contributed by atoms with Crippen molar-refractivity contribution in [1.29, 1.82) is 0 Å². The van der Waals surface area contributed by atoms with Gasteiger partial charge in [-0.05, 0) is 43.9 Å². The van der Waals surface area contributed by atoms with Crippen molar-refractivity contribution in [2.45, 2.75) is 30.7 Å². The normalized spacial score (nSPS) is 18.4. The molecule has 1 atom stereocenters. The average molecular weight is 304 g/mol. The molecule has 0 aromatic heterocycles. The Morgan fingerprint density at radius 1 is 1.44 bits per heavy atom. The van der Waals surface area contributed by atoms with Crippen molar-refractivity contribution < 1.29 is 8.42 Å². The minimum atomic E-state index is -3.37. The molecule has 0 aliphatic heterocycles. The van der Waals surface area contributed by atoms with Gasteiger partial charge in [-0.15, -0.1) is 0 Å². The van der Waals surface area contributed by atoms with E-state index in [0.717, 1.165) is 17.3 Å². The first-order chi connectivity index (χ1) is 7.49. The molecular formula is C11H14BrNO2S. The molecule has 0 spiro atoms. The molecule has 0 unspecified atom stereocenters. The molecule has 0 saturated heterocycles. The van der Waals surface area contributed by atoms with Gasteiger partial charge in [0.05, 0.1) is 4.90 Å². The summed E-state index contributed by atoms with van der Waals surface area (Å²) in [5.74, 6) is 0.516. The molecule has 0 amide bonds. The predicted octanol–water partition coefficient (Wildman–Crippen LogP) is 2.53. The fourth-order valence-electron chi connectivity index (χ4n) is 1.64. The van der Waals surface area contributed by atoms with Gasteiger partial charge in [-0.3, -0.25) is 0 Å². The second kappa shape index (κ2) is 4.47. The molecule has 88 valence electrons. The van der Waals surface area contributed by atoms with Gasteiger partial charge in [0.1, 0.15) is 0 Å². The van der Waals surface area contributed by atoms with Crippen LogP contribution in [0.25, 0.3) is 0 Å². The molecule has 2 rings (SSSR count). The van der Waals surface area contributed by atoms with E-state index in [-0.39, 0.29) is 6.04 Å². The fourth-order valence-corrected chi connectivity index (χ4v) is 3.55. The van der Waals surface area contributed by atoms with Crippen LogP contribution in [0.2, 0.25) is 0 Å². The SMILES string of the molecule is C[C@H](NS(=O)(=O)c1cccc(Br)c1)C1CC1. The standard InChI is InChI=1S/C11H14BrNO2S/c1-8(9-5-6-9)13-16(14,15)11-4-2-3-10(12)7-11/h2-4,7-9,13H,5-6H2,1H3/t8-/m0/s1. The summed E-state index contributed by atoms with van der Waals surface area (Å²) in [4.78, 5) is 0.314. The zero-order chi connectivity index (χ0) is 11.8. The molecule has 16 heavy (non-hydrogen) atoms. The molecule has 0 bridgehead atoms. The number of benzene rings is 1. The number of sulfonamides is 1. The van der Waals surface area contributed by atoms with Crippen LogP contribution < -0.4 is 4.72 Å². The van der Waals surface area contributed by atoms with Gasteiger partial charge in [0, 0.05) is 10.5 Å². The van der Waals surface area contributed by atoms with Crippen molar-refractivity contribution in [1.82, 2.24) is 4.72 Å². The third-order valence-electron chi connectivity index (χ3n) is 2.78. The van der Waals surface area contributed by atoms with E-state index < -0.39 is 10.0 Å². The molecule has 1 aromatic carbocycles. The van der Waals surface area contributed by atoms with E-state index >= 15 is 0 Å². The molecule has 1 aliphatic carbocycles. The molecular weight excluding hydrogens is 290 g/mol. The van der Waals surface area contributed by atoms with Gasteiger partial charge in [0.15, 0.2) is 0 Å². The third-order valence-corrected chi connectivity index (χ3v) is 4.83. The number of rotatable bonds is 4. The number of hydrogen-bond acceptors (Lipinski definition) is 2. The Morgan fingerprint density at radius 3 is 2.69 bits per heavy atom. The van der Waals surface area contributed by atoms with Gasteiger partial charge in [-0.1, -0.05) is 22.0 Å². The maximum atomic E-state index is 12.0. The van der Waals surface area contributed by atoms with Gasteiger partial charge in [0.2, 0.25) is 10.0 Å². The highest BCUT2D eigenvalue weighted by Gasteiger charge is 2.31. The molecule has 1 aliphatic rings. The molecule has 1 saturated carbocycles. The summed E-state index contributed by atoms with van der Waals surface area (Å²) in [7, 11) is -3.37. The maximum Gasteiger partial charge on any atom is 0.240 e. The van der Waals surface area contributed by atoms with Crippen LogP contribution in [-0.2, 0) is 10.0 Å². The van der Waals surface area contributed by atoms with Crippen molar-refractivity contribution in [3.8, 4) is 0 Å². The minimum absolute atomic E-state index is 0.0315. The van der Waals surface area contributed by atoms with Crippen molar-refractivity contribution in [2.24, 2.45) is 5.92 Å². The minimum Gasteiger partial charge on any atom is -0.208 e. The molecule has 0 heterocycles. The van der Waals surface area contributed by atoms with Gasteiger partial charge < -0.3 is 0 Å². The van der Waals surface area contributed by atoms with E-state index in [1.807, 2.05) is 13.0 Å². The van der Waals surface area contributed by atoms with Crippen LogP contribution in [0.3, 0.4) is 0 Å². The quantitative estimate of drug-likeness (QED) is 0.929. The van der Waals surface area contributed by atoms with Crippen LogP contribution in [0, 0.1) is 5.92 Å². The topological polar surface area (TPSA) is 46.2 Å². The largest absolute Gasteiger partial charge is 0.240 e. The summed E-state index contributed by atoms with van der Waals surface area (Å²) in [5, 5.41) is 0. The molecule has 5 heteroatoms. The number of halogens is 1. The van der Waals surface area contributed by atoms with Crippen molar-refractivity contribution in [2.75, 3.05) is 0 Å². The first kappa shape index (κ1) is 12.1. The molecule has 3 nitrogen and oxygen atoms in total. The molecule has 1 N–H and O–H groups in total. The number of nitrogens with one attached hydrogen (secondary N) is 1.